The molecule has 0 aliphatic heterocycles. The minimum absolute atomic E-state index is 0.239. The van der Waals surface area contributed by atoms with Crippen LogP contribution in [0.3, 0.4) is 0 Å². The van der Waals surface area contributed by atoms with E-state index in [1.54, 1.807) is 13.0 Å². The monoisotopic (exact) mass is 160 g/mol. The molecule has 0 radical (unpaired) electrons. The van der Waals surface area contributed by atoms with Crippen molar-refractivity contribution in [3.05, 3.63) is 22.8 Å². The summed E-state index contributed by atoms with van der Waals surface area (Å²) in [5, 5.41) is 8.82. The molecule has 2 nitrogen and oxygen atoms in total. The van der Waals surface area contributed by atoms with Crippen molar-refractivity contribution in [1.29, 1.82) is 0 Å². The van der Waals surface area contributed by atoms with Crippen LogP contribution in [0.2, 0.25) is 0 Å². The van der Waals surface area contributed by atoms with Crippen LogP contribution in [0.25, 0.3) is 0 Å². The highest BCUT2D eigenvalue weighted by Crippen LogP contribution is 2.06. The zero-order chi connectivity index (χ0) is 8.15. The molecule has 0 aromatic rings. The fraction of sp³-hybridized carbons (Fsp3) is 0.286. The van der Waals surface area contributed by atoms with Gasteiger partial charge in [-0.05, 0) is 19.9 Å². The van der Waals surface area contributed by atoms with Gasteiger partial charge < -0.3 is 5.11 Å². The molecule has 0 heterocycles. The largest absolute Gasteiger partial charge is 0.478 e. The number of aliphatic carboxylic acids is 1. The third-order valence-electron chi connectivity index (χ3n) is 0.968. The van der Waals surface area contributed by atoms with Crippen molar-refractivity contribution in [3.63, 3.8) is 0 Å². The Balaban J connectivity index is 4.31. The van der Waals surface area contributed by atoms with E-state index in [9.17, 15) is 4.79 Å². The van der Waals surface area contributed by atoms with Gasteiger partial charge in [-0.2, -0.15) is 0 Å². The Morgan fingerprint density at radius 1 is 1.60 bits per heavy atom. The fourth-order valence-electron chi connectivity index (χ4n) is 0.352. The first-order valence-corrected chi connectivity index (χ1v) is 3.19. The van der Waals surface area contributed by atoms with Crippen LogP contribution in [0.1, 0.15) is 13.8 Å². The number of hydrogen-bond acceptors (Lipinski definition) is 1. The number of hydrogen-bond donors (Lipinski definition) is 1. The summed E-state index contributed by atoms with van der Waals surface area (Å²) in [7, 11) is 0. The first-order chi connectivity index (χ1) is 4.57. The zero-order valence-corrected chi connectivity index (χ0v) is 6.64. The van der Waals surface area contributed by atoms with E-state index in [-0.39, 0.29) is 5.57 Å². The molecule has 0 amide bonds. The minimum Gasteiger partial charge on any atom is -0.478 e. The summed E-state index contributed by atoms with van der Waals surface area (Å²) < 4.78 is 0. The molecule has 0 bridgehead atoms. The second-order valence-electron chi connectivity index (χ2n) is 1.81. The molecule has 0 saturated heterocycles. The average molecular weight is 161 g/mol. The number of halogens is 1. The van der Waals surface area contributed by atoms with E-state index in [0.717, 1.165) is 0 Å². The van der Waals surface area contributed by atoms with Gasteiger partial charge in [0.1, 0.15) is 0 Å². The third kappa shape index (κ3) is 3.30. The summed E-state index contributed by atoms with van der Waals surface area (Å²) in [6.45, 7) is 3.24. The Hall–Kier alpha value is -0.760. The molecule has 10 heavy (non-hydrogen) atoms. The topological polar surface area (TPSA) is 37.3 Å². The molecule has 0 atom stereocenters. The molecule has 0 aromatic heterocycles. The minimum atomic E-state index is -0.944. The Morgan fingerprint density at radius 3 is 2.40 bits per heavy atom. The predicted molar refractivity (Wildman–Crippen MR) is 41.0 cm³/mol. The highest BCUT2D eigenvalue weighted by molar-refractivity contribution is 6.31. The SMILES string of the molecule is C/C=C(Cl)\C=C(/C)C(=O)O. The maximum atomic E-state index is 10.2. The maximum absolute atomic E-state index is 10.2. The Morgan fingerprint density at radius 2 is 2.10 bits per heavy atom. The van der Waals surface area contributed by atoms with Crippen molar-refractivity contribution in [1.82, 2.24) is 0 Å². The van der Waals surface area contributed by atoms with Gasteiger partial charge in [0.15, 0.2) is 0 Å². The van der Waals surface area contributed by atoms with Crippen molar-refractivity contribution < 1.29 is 9.90 Å². The summed E-state index contributed by atoms with van der Waals surface area (Å²) in [5.41, 5.74) is 0.239. The van der Waals surface area contributed by atoms with Crippen molar-refractivity contribution in [2.75, 3.05) is 0 Å². The second kappa shape index (κ2) is 4.12. The van der Waals surface area contributed by atoms with Gasteiger partial charge in [-0.25, -0.2) is 4.79 Å². The fourth-order valence-corrected chi connectivity index (χ4v) is 0.516. The van der Waals surface area contributed by atoms with Crippen molar-refractivity contribution in [3.8, 4) is 0 Å². The predicted octanol–water partition coefficient (Wildman–Crippen LogP) is 2.16. The smallest absolute Gasteiger partial charge is 0.331 e. The van der Waals surface area contributed by atoms with E-state index in [2.05, 4.69) is 0 Å². The van der Waals surface area contributed by atoms with E-state index in [4.69, 9.17) is 16.7 Å². The van der Waals surface area contributed by atoms with Crippen LogP contribution in [-0.4, -0.2) is 11.1 Å². The number of carbonyl (C=O) groups is 1. The zero-order valence-electron chi connectivity index (χ0n) is 5.89. The molecule has 1 N–H and O–H groups in total. The number of carboxylic acid groups (broad SMARTS) is 1. The molecule has 0 saturated carbocycles. The molecule has 0 spiro atoms. The second-order valence-corrected chi connectivity index (χ2v) is 2.24. The van der Waals surface area contributed by atoms with Crippen molar-refractivity contribution >= 4 is 17.6 Å². The van der Waals surface area contributed by atoms with E-state index in [0.29, 0.717) is 5.03 Å². The molecule has 0 unspecified atom stereocenters. The summed E-state index contributed by atoms with van der Waals surface area (Å²) in [6.07, 6.45) is 3.04. The van der Waals surface area contributed by atoms with E-state index in [1.165, 1.54) is 13.0 Å². The van der Waals surface area contributed by atoms with Crippen molar-refractivity contribution in [2.24, 2.45) is 0 Å². The maximum Gasteiger partial charge on any atom is 0.331 e. The van der Waals surface area contributed by atoms with Gasteiger partial charge in [-0.3, -0.25) is 0 Å². The normalized spacial score (nSPS) is 13.5. The summed E-state index contributed by atoms with van der Waals surface area (Å²) in [6, 6.07) is 0. The van der Waals surface area contributed by atoms with Gasteiger partial charge in [0, 0.05) is 10.6 Å². The van der Waals surface area contributed by atoms with E-state index >= 15 is 0 Å². The quantitative estimate of drug-likeness (QED) is 0.497. The van der Waals surface area contributed by atoms with Crippen LogP contribution < -0.4 is 0 Å². The number of carboxylic acids is 1. The number of rotatable bonds is 2. The number of allylic oxidation sites excluding steroid dienone is 3. The lowest BCUT2D eigenvalue weighted by molar-refractivity contribution is -0.132. The van der Waals surface area contributed by atoms with Crippen LogP contribution in [0.4, 0.5) is 0 Å². The molecule has 3 heteroatoms. The standard InChI is InChI=1S/C7H9ClO2/c1-3-6(8)4-5(2)7(9)10/h3-4H,1-2H3,(H,9,10)/b5-4+,6-3+. The van der Waals surface area contributed by atoms with Crippen LogP contribution >= 0.6 is 11.6 Å². The first kappa shape index (κ1) is 9.24. The van der Waals surface area contributed by atoms with Gasteiger partial charge in [-0.1, -0.05) is 17.7 Å². The van der Waals surface area contributed by atoms with Crippen LogP contribution in [-0.2, 0) is 4.79 Å². The average Bonchev–Trinajstić information content (AvgIpc) is 1.87. The van der Waals surface area contributed by atoms with Gasteiger partial charge >= 0.3 is 5.97 Å². The highest BCUT2D eigenvalue weighted by atomic mass is 35.5. The summed E-state index contributed by atoms with van der Waals surface area (Å²) in [4.78, 5) is 10.2. The Labute approximate surface area is 64.8 Å². The highest BCUT2D eigenvalue weighted by Gasteiger charge is 1.98. The first-order valence-electron chi connectivity index (χ1n) is 2.81. The van der Waals surface area contributed by atoms with Gasteiger partial charge in [0.25, 0.3) is 0 Å². The van der Waals surface area contributed by atoms with Crippen LogP contribution in [0.5, 0.6) is 0 Å². The van der Waals surface area contributed by atoms with Crippen LogP contribution in [0, 0.1) is 0 Å². The van der Waals surface area contributed by atoms with Crippen molar-refractivity contribution in [2.45, 2.75) is 13.8 Å². The van der Waals surface area contributed by atoms with Gasteiger partial charge in [-0.15, -0.1) is 0 Å². The molecule has 0 fully saturated rings. The molecule has 0 aliphatic carbocycles. The Bertz CT molecular complexity index is 192. The third-order valence-corrected chi connectivity index (χ3v) is 1.29. The van der Waals surface area contributed by atoms with E-state index < -0.39 is 5.97 Å². The lowest BCUT2D eigenvalue weighted by Crippen LogP contribution is -1.95. The molecule has 0 aromatic carbocycles. The lowest BCUT2D eigenvalue weighted by Gasteiger charge is -1.90. The molecular formula is C7H9ClO2. The summed E-state index contributed by atoms with van der Waals surface area (Å²) >= 11 is 5.53. The molecule has 0 rings (SSSR count). The molecular weight excluding hydrogens is 152 g/mol. The lowest BCUT2D eigenvalue weighted by atomic mass is 10.3. The summed E-state index contributed by atoms with van der Waals surface area (Å²) in [5.74, 6) is -0.944. The van der Waals surface area contributed by atoms with Gasteiger partial charge in [0.2, 0.25) is 0 Å². The van der Waals surface area contributed by atoms with Crippen LogP contribution in [0.15, 0.2) is 22.8 Å². The molecule has 0 aliphatic rings. The van der Waals surface area contributed by atoms with E-state index in [1.807, 2.05) is 0 Å². The van der Waals surface area contributed by atoms with Gasteiger partial charge in [0.05, 0.1) is 0 Å². The molecule has 56 valence electrons. The Kier molecular flexibility index (Phi) is 3.81.